The number of morpholine rings is 1. The highest BCUT2D eigenvalue weighted by Gasteiger charge is 2.26. The van der Waals surface area contributed by atoms with Crippen LogP contribution in [0.2, 0.25) is 0 Å². The molecule has 0 radical (unpaired) electrons. The van der Waals surface area contributed by atoms with Crippen molar-refractivity contribution < 1.29 is 9.53 Å². The first-order valence-electron chi connectivity index (χ1n) is 5.55. The first-order valence-corrected chi connectivity index (χ1v) is 5.55. The number of amides is 2. The molecule has 15 heavy (non-hydrogen) atoms. The lowest BCUT2D eigenvalue weighted by Crippen LogP contribution is -2.53. The molecule has 3 N–H and O–H groups in total. The molecule has 0 bridgehead atoms. The summed E-state index contributed by atoms with van der Waals surface area (Å²) in [6, 6.07) is -0.0439. The standard InChI is InChI=1S/C10H21N3O2/c1-3-4-12-10(14)13-5-6-15-9(7-13)8(2)11/h8-9H,3-7,11H2,1-2H3,(H,12,14). The minimum atomic E-state index is -0.0360. The van der Waals surface area contributed by atoms with E-state index in [9.17, 15) is 4.79 Å². The third-order valence-corrected chi connectivity index (χ3v) is 2.49. The number of carbonyl (C=O) groups excluding carboxylic acids is 1. The largest absolute Gasteiger partial charge is 0.373 e. The van der Waals surface area contributed by atoms with Crippen molar-refractivity contribution in [1.29, 1.82) is 0 Å². The molecule has 0 spiro atoms. The number of nitrogens with one attached hydrogen (secondary N) is 1. The number of urea groups is 1. The molecule has 1 heterocycles. The van der Waals surface area contributed by atoms with Gasteiger partial charge in [0.1, 0.15) is 0 Å². The molecule has 2 unspecified atom stereocenters. The molecule has 1 saturated heterocycles. The second-order valence-corrected chi connectivity index (χ2v) is 3.95. The van der Waals surface area contributed by atoms with Gasteiger partial charge in [-0.1, -0.05) is 6.92 Å². The molecule has 0 aromatic heterocycles. The number of hydrogen-bond acceptors (Lipinski definition) is 3. The van der Waals surface area contributed by atoms with Crippen molar-refractivity contribution in [3.8, 4) is 0 Å². The van der Waals surface area contributed by atoms with E-state index >= 15 is 0 Å². The molecule has 2 amide bonds. The second kappa shape index (κ2) is 5.92. The van der Waals surface area contributed by atoms with Crippen molar-refractivity contribution >= 4 is 6.03 Å². The first-order chi connectivity index (χ1) is 7.15. The quantitative estimate of drug-likeness (QED) is 0.704. The van der Waals surface area contributed by atoms with E-state index in [2.05, 4.69) is 5.32 Å². The number of ether oxygens (including phenoxy) is 1. The van der Waals surface area contributed by atoms with Crippen LogP contribution in [0.5, 0.6) is 0 Å². The smallest absolute Gasteiger partial charge is 0.317 e. The molecular weight excluding hydrogens is 194 g/mol. The maximum absolute atomic E-state index is 11.6. The fraction of sp³-hybridized carbons (Fsp3) is 0.900. The Kier molecular flexibility index (Phi) is 4.84. The van der Waals surface area contributed by atoms with Crippen molar-refractivity contribution in [2.75, 3.05) is 26.2 Å². The van der Waals surface area contributed by atoms with Gasteiger partial charge < -0.3 is 20.7 Å². The minimum absolute atomic E-state index is 0.00852. The third-order valence-electron chi connectivity index (χ3n) is 2.49. The zero-order chi connectivity index (χ0) is 11.3. The lowest BCUT2D eigenvalue weighted by Gasteiger charge is -2.34. The molecule has 0 aromatic rings. The van der Waals surface area contributed by atoms with Crippen LogP contribution in [0.3, 0.4) is 0 Å². The molecule has 1 fully saturated rings. The number of nitrogens with zero attached hydrogens (tertiary/aromatic N) is 1. The highest BCUT2D eigenvalue weighted by molar-refractivity contribution is 5.74. The van der Waals surface area contributed by atoms with Gasteiger partial charge in [-0.25, -0.2) is 4.79 Å². The Morgan fingerprint density at radius 2 is 2.47 bits per heavy atom. The van der Waals surface area contributed by atoms with Gasteiger partial charge in [-0.15, -0.1) is 0 Å². The number of hydrogen-bond donors (Lipinski definition) is 2. The highest BCUT2D eigenvalue weighted by atomic mass is 16.5. The van der Waals surface area contributed by atoms with Gasteiger partial charge in [-0.05, 0) is 13.3 Å². The molecule has 0 aliphatic carbocycles. The minimum Gasteiger partial charge on any atom is -0.373 e. The van der Waals surface area contributed by atoms with E-state index in [1.807, 2.05) is 13.8 Å². The molecule has 1 rings (SSSR count). The van der Waals surface area contributed by atoms with Crippen molar-refractivity contribution in [3.63, 3.8) is 0 Å². The van der Waals surface area contributed by atoms with E-state index in [0.717, 1.165) is 13.0 Å². The van der Waals surface area contributed by atoms with Crippen LogP contribution in [0.4, 0.5) is 4.79 Å². The fourth-order valence-corrected chi connectivity index (χ4v) is 1.52. The summed E-state index contributed by atoms with van der Waals surface area (Å²) in [5, 5.41) is 2.85. The Bertz CT molecular complexity index is 209. The lowest BCUT2D eigenvalue weighted by atomic mass is 10.1. The van der Waals surface area contributed by atoms with Gasteiger partial charge in [0.2, 0.25) is 0 Å². The van der Waals surface area contributed by atoms with Gasteiger partial charge in [0.25, 0.3) is 0 Å². The second-order valence-electron chi connectivity index (χ2n) is 3.95. The zero-order valence-electron chi connectivity index (χ0n) is 9.53. The average molecular weight is 215 g/mol. The molecule has 1 aliphatic rings. The van der Waals surface area contributed by atoms with Crippen LogP contribution in [-0.2, 0) is 4.74 Å². The number of rotatable bonds is 3. The van der Waals surface area contributed by atoms with Gasteiger partial charge >= 0.3 is 6.03 Å². The molecule has 0 aromatic carbocycles. The SMILES string of the molecule is CCCNC(=O)N1CCOC(C(C)N)C1. The van der Waals surface area contributed by atoms with Crippen molar-refractivity contribution in [2.45, 2.75) is 32.4 Å². The van der Waals surface area contributed by atoms with E-state index in [4.69, 9.17) is 10.5 Å². The fourth-order valence-electron chi connectivity index (χ4n) is 1.52. The van der Waals surface area contributed by atoms with Crippen LogP contribution in [-0.4, -0.2) is 49.3 Å². The maximum atomic E-state index is 11.6. The van der Waals surface area contributed by atoms with Crippen LogP contribution in [0, 0.1) is 0 Å². The van der Waals surface area contributed by atoms with Crippen molar-refractivity contribution in [3.05, 3.63) is 0 Å². The normalized spacial score (nSPS) is 23.7. The summed E-state index contributed by atoms with van der Waals surface area (Å²) in [5.74, 6) is 0. The molecule has 5 nitrogen and oxygen atoms in total. The Morgan fingerprint density at radius 3 is 3.07 bits per heavy atom. The summed E-state index contributed by atoms with van der Waals surface area (Å²) in [5.41, 5.74) is 5.75. The number of carbonyl (C=O) groups is 1. The summed E-state index contributed by atoms with van der Waals surface area (Å²) >= 11 is 0. The van der Waals surface area contributed by atoms with Gasteiger partial charge in [-0.2, -0.15) is 0 Å². The topological polar surface area (TPSA) is 67.6 Å². The molecule has 5 heteroatoms. The van der Waals surface area contributed by atoms with Gasteiger partial charge in [0, 0.05) is 19.1 Å². The van der Waals surface area contributed by atoms with E-state index in [-0.39, 0.29) is 18.2 Å². The summed E-state index contributed by atoms with van der Waals surface area (Å²) in [7, 11) is 0. The third kappa shape index (κ3) is 3.68. The Balaban J connectivity index is 2.38. The first kappa shape index (κ1) is 12.3. The van der Waals surface area contributed by atoms with Crippen molar-refractivity contribution in [1.82, 2.24) is 10.2 Å². The average Bonchev–Trinajstić information content (AvgIpc) is 2.26. The van der Waals surface area contributed by atoms with Crippen LogP contribution in [0.1, 0.15) is 20.3 Å². The van der Waals surface area contributed by atoms with Gasteiger partial charge in [0.15, 0.2) is 0 Å². The summed E-state index contributed by atoms with van der Waals surface area (Å²) in [6.45, 7) is 6.47. The summed E-state index contributed by atoms with van der Waals surface area (Å²) in [6.07, 6.45) is 0.915. The van der Waals surface area contributed by atoms with E-state index in [1.54, 1.807) is 4.90 Å². The molecule has 88 valence electrons. The van der Waals surface area contributed by atoms with Gasteiger partial charge in [-0.3, -0.25) is 0 Å². The van der Waals surface area contributed by atoms with Crippen LogP contribution in [0.25, 0.3) is 0 Å². The monoisotopic (exact) mass is 215 g/mol. The lowest BCUT2D eigenvalue weighted by molar-refractivity contribution is -0.0237. The molecule has 2 atom stereocenters. The number of nitrogens with two attached hydrogens (primary N) is 1. The maximum Gasteiger partial charge on any atom is 0.317 e. The highest BCUT2D eigenvalue weighted by Crippen LogP contribution is 2.07. The van der Waals surface area contributed by atoms with E-state index in [1.165, 1.54) is 0 Å². The summed E-state index contributed by atoms with van der Waals surface area (Å²) in [4.78, 5) is 13.4. The van der Waals surface area contributed by atoms with Crippen molar-refractivity contribution in [2.24, 2.45) is 5.73 Å². The van der Waals surface area contributed by atoms with Crippen LogP contribution in [0.15, 0.2) is 0 Å². The molecular formula is C10H21N3O2. The van der Waals surface area contributed by atoms with Crippen LogP contribution < -0.4 is 11.1 Å². The molecule has 0 saturated carbocycles. The van der Waals surface area contributed by atoms with E-state index < -0.39 is 0 Å². The predicted molar refractivity (Wildman–Crippen MR) is 58.7 cm³/mol. The predicted octanol–water partition coefficient (Wildman–Crippen LogP) is 0.154. The molecule has 1 aliphatic heterocycles. The Hall–Kier alpha value is -0.810. The Morgan fingerprint density at radius 1 is 1.73 bits per heavy atom. The Labute approximate surface area is 90.9 Å². The zero-order valence-corrected chi connectivity index (χ0v) is 9.53. The summed E-state index contributed by atoms with van der Waals surface area (Å²) < 4.78 is 5.48. The van der Waals surface area contributed by atoms with Crippen LogP contribution >= 0.6 is 0 Å². The van der Waals surface area contributed by atoms with E-state index in [0.29, 0.717) is 19.7 Å². The van der Waals surface area contributed by atoms with Gasteiger partial charge in [0.05, 0.1) is 19.3 Å².